The van der Waals surface area contributed by atoms with Crippen molar-refractivity contribution in [1.82, 2.24) is 0 Å². The van der Waals surface area contributed by atoms with E-state index in [1.165, 1.54) is 11.3 Å². The highest BCUT2D eigenvalue weighted by Gasteiger charge is 2.07. The third-order valence-electron chi connectivity index (χ3n) is 1.35. The van der Waals surface area contributed by atoms with Crippen molar-refractivity contribution in [2.45, 2.75) is 19.4 Å². The van der Waals surface area contributed by atoms with Gasteiger partial charge in [-0.05, 0) is 18.4 Å². The van der Waals surface area contributed by atoms with Gasteiger partial charge in [-0.2, -0.15) is 11.3 Å². The normalized spacial score (nSPS) is 12.9. The highest BCUT2D eigenvalue weighted by molar-refractivity contribution is 7.08. The van der Waals surface area contributed by atoms with E-state index in [0.717, 1.165) is 5.56 Å². The van der Waals surface area contributed by atoms with Crippen molar-refractivity contribution in [1.29, 1.82) is 0 Å². The largest absolute Gasteiger partial charge is 0.328 e. The molecule has 1 atom stereocenters. The molecule has 0 fully saturated rings. The minimum absolute atomic E-state index is 0.0394. The van der Waals surface area contributed by atoms with Crippen LogP contribution < -0.4 is 5.73 Å². The zero-order chi connectivity index (χ0) is 8.27. The van der Waals surface area contributed by atoms with Crippen LogP contribution in [0.25, 0.3) is 0 Å². The van der Waals surface area contributed by atoms with Crippen LogP contribution in [-0.2, 0) is 0 Å². The summed E-state index contributed by atoms with van der Waals surface area (Å²) in [4.78, 5) is 11.2. The number of nitrogens with two attached hydrogens (primary N) is 1. The first-order valence-electron chi connectivity index (χ1n) is 3.51. The number of Topliss-reactive ketones (excluding diaryl/α,β-unsaturated/α-hetero) is 1. The number of carbonyl (C=O) groups excluding carboxylic acids is 1. The Morgan fingerprint density at radius 3 is 3.00 bits per heavy atom. The van der Waals surface area contributed by atoms with Gasteiger partial charge in [0.15, 0.2) is 5.78 Å². The van der Waals surface area contributed by atoms with Crippen LogP contribution in [0.4, 0.5) is 0 Å². The van der Waals surface area contributed by atoms with Gasteiger partial charge >= 0.3 is 0 Å². The fraction of sp³-hybridized carbons (Fsp3) is 0.375. The molecular weight excluding hydrogens is 158 g/mol. The second-order valence-electron chi connectivity index (χ2n) is 2.62. The minimum atomic E-state index is -0.0394. The van der Waals surface area contributed by atoms with Crippen LogP contribution in [0, 0.1) is 0 Å². The lowest BCUT2D eigenvalue weighted by Crippen LogP contribution is -2.19. The Hall–Kier alpha value is -0.670. The lowest BCUT2D eigenvalue weighted by atomic mass is 10.1. The van der Waals surface area contributed by atoms with Crippen molar-refractivity contribution in [2.24, 2.45) is 5.73 Å². The van der Waals surface area contributed by atoms with Crippen molar-refractivity contribution in [3.63, 3.8) is 0 Å². The summed E-state index contributed by atoms with van der Waals surface area (Å²) in [6.45, 7) is 1.84. The second-order valence-corrected chi connectivity index (χ2v) is 3.40. The number of hydrogen-bond donors (Lipinski definition) is 1. The van der Waals surface area contributed by atoms with Gasteiger partial charge in [-0.3, -0.25) is 4.79 Å². The second kappa shape index (κ2) is 3.64. The van der Waals surface area contributed by atoms with Gasteiger partial charge in [0, 0.05) is 23.4 Å². The van der Waals surface area contributed by atoms with Crippen molar-refractivity contribution in [3.8, 4) is 0 Å². The molecule has 1 heterocycles. The van der Waals surface area contributed by atoms with E-state index in [4.69, 9.17) is 5.73 Å². The Bertz CT molecular complexity index is 228. The molecule has 60 valence electrons. The maximum Gasteiger partial charge on any atom is 0.165 e. The van der Waals surface area contributed by atoms with Crippen LogP contribution in [-0.4, -0.2) is 11.8 Å². The maximum atomic E-state index is 11.2. The van der Waals surface area contributed by atoms with E-state index in [2.05, 4.69) is 0 Å². The summed E-state index contributed by atoms with van der Waals surface area (Å²) in [7, 11) is 0. The molecule has 2 nitrogen and oxygen atoms in total. The van der Waals surface area contributed by atoms with Crippen molar-refractivity contribution >= 4 is 17.1 Å². The van der Waals surface area contributed by atoms with Crippen molar-refractivity contribution in [3.05, 3.63) is 22.4 Å². The Labute approximate surface area is 70.0 Å². The highest BCUT2D eigenvalue weighted by Crippen LogP contribution is 2.09. The Morgan fingerprint density at radius 2 is 2.55 bits per heavy atom. The van der Waals surface area contributed by atoms with Crippen LogP contribution in [0.1, 0.15) is 23.7 Å². The Balaban J connectivity index is 2.57. The van der Waals surface area contributed by atoms with Crippen LogP contribution in [0.2, 0.25) is 0 Å². The lowest BCUT2D eigenvalue weighted by molar-refractivity contribution is 0.0977. The smallest absolute Gasteiger partial charge is 0.165 e. The predicted octanol–water partition coefficient (Wildman–Crippen LogP) is 1.67. The average Bonchev–Trinajstić information content (AvgIpc) is 2.35. The molecule has 0 saturated carbocycles. The molecule has 0 amide bonds. The number of hydrogen-bond acceptors (Lipinski definition) is 3. The Morgan fingerprint density at radius 1 is 1.82 bits per heavy atom. The fourth-order valence-corrected chi connectivity index (χ4v) is 1.49. The van der Waals surface area contributed by atoms with Gasteiger partial charge in [-0.1, -0.05) is 0 Å². The molecule has 0 aromatic carbocycles. The summed E-state index contributed by atoms with van der Waals surface area (Å²) in [6, 6.07) is 1.79. The summed E-state index contributed by atoms with van der Waals surface area (Å²) in [5.74, 6) is 0.140. The van der Waals surface area contributed by atoms with Gasteiger partial charge in [0.05, 0.1) is 0 Å². The molecule has 1 aromatic rings. The minimum Gasteiger partial charge on any atom is -0.328 e. The molecule has 1 aromatic heterocycles. The van der Waals surface area contributed by atoms with Gasteiger partial charge in [-0.15, -0.1) is 0 Å². The first kappa shape index (κ1) is 8.43. The summed E-state index contributed by atoms with van der Waals surface area (Å²) in [6.07, 6.45) is 0.441. The third kappa shape index (κ3) is 2.44. The third-order valence-corrected chi connectivity index (χ3v) is 2.03. The van der Waals surface area contributed by atoms with E-state index in [-0.39, 0.29) is 11.8 Å². The number of rotatable bonds is 3. The lowest BCUT2D eigenvalue weighted by Gasteiger charge is -2.00. The molecule has 3 heteroatoms. The highest BCUT2D eigenvalue weighted by atomic mass is 32.1. The van der Waals surface area contributed by atoms with E-state index in [9.17, 15) is 4.79 Å². The number of thiophene rings is 1. The average molecular weight is 169 g/mol. The van der Waals surface area contributed by atoms with Gasteiger partial charge in [-0.25, -0.2) is 0 Å². The fourth-order valence-electron chi connectivity index (χ4n) is 0.833. The van der Waals surface area contributed by atoms with E-state index in [1.54, 1.807) is 0 Å². The quantitative estimate of drug-likeness (QED) is 0.699. The first-order chi connectivity index (χ1) is 5.20. The molecule has 0 bridgehead atoms. The molecule has 1 rings (SSSR count). The van der Waals surface area contributed by atoms with Crippen LogP contribution in [0.15, 0.2) is 16.8 Å². The summed E-state index contributed by atoms with van der Waals surface area (Å²) < 4.78 is 0. The van der Waals surface area contributed by atoms with Gasteiger partial charge in [0.2, 0.25) is 0 Å². The SMILES string of the molecule is CC(N)CC(=O)c1ccsc1. The topological polar surface area (TPSA) is 43.1 Å². The molecule has 11 heavy (non-hydrogen) atoms. The summed E-state index contributed by atoms with van der Waals surface area (Å²) in [5, 5.41) is 3.75. The molecular formula is C8H11NOS. The van der Waals surface area contributed by atoms with Crippen molar-refractivity contribution in [2.75, 3.05) is 0 Å². The molecule has 0 radical (unpaired) electrons. The van der Waals surface area contributed by atoms with E-state index < -0.39 is 0 Å². The summed E-state index contributed by atoms with van der Waals surface area (Å²) >= 11 is 1.53. The standard InChI is InChI=1S/C8H11NOS/c1-6(9)4-8(10)7-2-3-11-5-7/h2-3,5-6H,4,9H2,1H3. The Kier molecular flexibility index (Phi) is 2.79. The zero-order valence-electron chi connectivity index (χ0n) is 6.41. The molecule has 2 N–H and O–H groups in total. The maximum absolute atomic E-state index is 11.2. The molecule has 0 saturated heterocycles. The molecule has 0 aliphatic rings. The molecule has 1 unspecified atom stereocenters. The van der Waals surface area contributed by atoms with E-state index >= 15 is 0 Å². The number of carbonyl (C=O) groups is 1. The zero-order valence-corrected chi connectivity index (χ0v) is 7.23. The monoisotopic (exact) mass is 169 g/mol. The summed E-state index contributed by atoms with van der Waals surface area (Å²) in [5.41, 5.74) is 6.27. The number of ketones is 1. The first-order valence-corrected chi connectivity index (χ1v) is 4.45. The van der Waals surface area contributed by atoms with Crippen LogP contribution >= 0.6 is 11.3 Å². The van der Waals surface area contributed by atoms with Crippen LogP contribution in [0.5, 0.6) is 0 Å². The van der Waals surface area contributed by atoms with Gasteiger partial charge in [0.1, 0.15) is 0 Å². The molecule has 0 aliphatic heterocycles. The molecule has 0 spiro atoms. The van der Waals surface area contributed by atoms with E-state index in [0.29, 0.717) is 6.42 Å². The van der Waals surface area contributed by atoms with E-state index in [1.807, 2.05) is 23.8 Å². The van der Waals surface area contributed by atoms with Crippen molar-refractivity contribution < 1.29 is 4.79 Å². The predicted molar refractivity (Wildman–Crippen MR) is 46.9 cm³/mol. The van der Waals surface area contributed by atoms with Gasteiger partial charge in [0.25, 0.3) is 0 Å². The van der Waals surface area contributed by atoms with Gasteiger partial charge < -0.3 is 5.73 Å². The molecule has 0 aliphatic carbocycles. The van der Waals surface area contributed by atoms with Crippen LogP contribution in [0.3, 0.4) is 0 Å².